The number of hydrogen-bond donors (Lipinski definition) is 1. The molecule has 1 aromatic heterocycles. The molecule has 4 nitrogen and oxygen atoms in total. The molecule has 1 N–H and O–H groups in total. The predicted octanol–water partition coefficient (Wildman–Crippen LogP) is 2.38. The van der Waals surface area contributed by atoms with Crippen LogP contribution in [0.25, 0.3) is 0 Å². The van der Waals surface area contributed by atoms with Crippen LogP contribution in [0.1, 0.15) is 16.0 Å². The third-order valence-corrected chi connectivity index (χ3v) is 4.11. The van der Waals surface area contributed by atoms with Gasteiger partial charge in [-0.3, -0.25) is 9.79 Å². The van der Waals surface area contributed by atoms with Gasteiger partial charge in [-0.2, -0.15) is 0 Å². The molecule has 2 heterocycles. The molecule has 0 aliphatic carbocycles. The van der Waals surface area contributed by atoms with E-state index in [1.165, 1.54) is 5.56 Å². The summed E-state index contributed by atoms with van der Waals surface area (Å²) in [6.07, 6.45) is 0.349. The minimum absolute atomic E-state index is 0.187. The molecular formula is C16H16N2O2S. The lowest BCUT2D eigenvalue weighted by Crippen LogP contribution is -2.28. The number of fused-ring (bicyclic) bond motifs is 1. The fourth-order valence-electron chi connectivity index (χ4n) is 2.23. The van der Waals surface area contributed by atoms with Crippen LogP contribution in [0.15, 0.2) is 46.8 Å². The van der Waals surface area contributed by atoms with E-state index in [1.807, 2.05) is 29.6 Å². The van der Waals surface area contributed by atoms with Crippen molar-refractivity contribution in [2.45, 2.75) is 13.0 Å². The first-order valence-electron chi connectivity index (χ1n) is 6.87. The highest BCUT2D eigenvalue weighted by atomic mass is 32.1. The summed E-state index contributed by atoms with van der Waals surface area (Å²) in [5.74, 6) is 0.702. The number of ether oxygens (including phenoxy) is 1. The van der Waals surface area contributed by atoms with Crippen LogP contribution in [0, 0.1) is 0 Å². The highest BCUT2D eigenvalue weighted by molar-refractivity contribution is 7.10. The van der Waals surface area contributed by atoms with Crippen molar-refractivity contribution in [2.24, 2.45) is 4.99 Å². The lowest BCUT2D eigenvalue weighted by Gasteiger charge is -2.08. The molecule has 0 atom stereocenters. The summed E-state index contributed by atoms with van der Waals surface area (Å²) in [6, 6.07) is 12.0. The van der Waals surface area contributed by atoms with E-state index in [4.69, 9.17) is 4.74 Å². The summed E-state index contributed by atoms with van der Waals surface area (Å²) in [5, 5.41) is 5.19. The number of thiophene rings is 1. The lowest BCUT2D eigenvalue weighted by molar-refractivity contribution is -0.142. The number of hydrogen-bond acceptors (Lipinski definition) is 5. The van der Waals surface area contributed by atoms with Crippen LogP contribution in [0.2, 0.25) is 0 Å². The normalized spacial score (nSPS) is 12.7. The van der Waals surface area contributed by atoms with E-state index >= 15 is 0 Å². The largest absolute Gasteiger partial charge is 0.464 e. The second-order valence-corrected chi connectivity index (χ2v) is 5.76. The SMILES string of the molecule is O=C(Cc1cccs1)OCCNC1=NCc2ccccc21. The Morgan fingerprint density at radius 3 is 3.05 bits per heavy atom. The van der Waals surface area contributed by atoms with Gasteiger partial charge in [-0.25, -0.2) is 0 Å². The molecule has 0 unspecified atom stereocenters. The van der Waals surface area contributed by atoms with E-state index in [1.54, 1.807) is 11.3 Å². The second-order valence-electron chi connectivity index (χ2n) is 4.73. The van der Waals surface area contributed by atoms with E-state index in [0.717, 1.165) is 22.8 Å². The second kappa shape index (κ2) is 6.54. The van der Waals surface area contributed by atoms with Crippen molar-refractivity contribution in [3.8, 4) is 0 Å². The Labute approximate surface area is 127 Å². The molecule has 0 radical (unpaired) electrons. The topological polar surface area (TPSA) is 50.7 Å². The van der Waals surface area contributed by atoms with Gasteiger partial charge in [0.1, 0.15) is 12.4 Å². The third-order valence-electron chi connectivity index (χ3n) is 3.24. The van der Waals surface area contributed by atoms with Crippen molar-refractivity contribution in [3.63, 3.8) is 0 Å². The maximum Gasteiger partial charge on any atom is 0.311 e. The van der Waals surface area contributed by atoms with Gasteiger partial charge in [-0.05, 0) is 17.0 Å². The monoisotopic (exact) mass is 300 g/mol. The highest BCUT2D eigenvalue weighted by Gasteiger charge is 2.14. The van der Waals surface area contributed by atoms with Crippen molar-refractivity contribution >= 4 is 23.1 Å². The average Bonchev–Trinajstić information content (AvgIpc) is 3.13. The number of nitrogens with one attached hydrogen (secondary N) is 1. The van der Waals surface area contributed by atoms with Crippen LogP contribution in [0.5, 0.6) is 0 Å². The Kier molecular flexibility index (Phi) is 4.31. The molecule has 5 heteroatoms. The molecule has 0 saturated carbocycles. The number of amidine groups is 1. The Balaban J connectivity index is 1.40. The van der Waals surface area contributed by atoms with Crippen LogP contribution in [0.4, 0.5) is 0 Å². The van der Waals surface area contributed by atoms with Crippen LogP contribution in [0.3, 0.4) is 0 Å². The van der Waals surface area contributed by atoms with E-state index in [0.29, 0.717) is 19.6 Å². The molecule has 0 saturated heterocycles. The van der Waals surface area contributed by atoms with Gasteiger partial charge >= 0.3 is 5.97 Å². The van der Waals surface area contributed by atoms with Gasteiger partial charge in [0.25, 0.3) is 0 Å². The van der Waals surface area contributed by atoms with Gasteiger partial charge < -0.3 is 10.1 Å². The zero-order valence-electron chi connectivity index (χ0n) is 11.5. The summed E-state index contributed by atoms with van der Waals surface area (Å²) >= 11 is 1.57. The van der Waals surface area contributed by atoms with E-state index in [-0.39, 0.29) is 5.97 Å². The van der Waals surface area contributed by atoms with Crippen molar-refractivity contribution in [1.29, 1.82) is 0 Å². The summed E-state index contributed by atoms with van der Waals surface area (Å²) in [6.45, 7) is 1.64. The number of carbonyl (C=O) groups is 1. The number of nitrogens with zero attached hydrogens (tertiary/aromatic N) is 1. The fraction of sp³-hybridized carbons (Fsp3) is 0.250. The highest BCUT2D eigenvalue weighted by Crippen LogP contribution is 2.16. The predicted molar refractivity (Wildman–Crippen MR) is 83.7 cm³/mol. The number of carbonyl (C=O) groups excluding carboxylic acids is 1. The van der Waals surface area contributed by atoms with E-state index in [2.05, 4.69) is 22.4 Å². The van der Waals surface area contributed by atoms with Crippen molar-refractivity contribution in [3.05, 3.63) is 57.8 Å². The smallest absolute Gasteiger partial charge is 0.311 e. The molecule has 3 rings (SSSR count). The number of rotatable bonds is 5. The van der Waals surface area contributed by atoms with Crippen molar-refractivity contribution < 1.29 is 9.53 Å². The summed E-state index contributed by atoms with van der Waals surface area (Å²) < 4.78 is 5.21. The van der Waals surface area contributed by atoms with Gasteiger partial charge in [0.2, 0.25) is 0 Å². The van der Waals surface area contributed by atoms with Gasteiger partial charge in [-0.15, -0.1) is 11.3 Å². The Bertz CT molecular complexity index is 650. The quantitative estimate of drug-likeness (QED) is 0.681. The van der Waals surface area contributed by atoms with Crippen molar-refractivity contribution in [2.75, 3.05) is 13.2 Å². The number of aliphatic imine (C=N–C) groups is 1. The molecule has 0 amide bonds. The van der Waals surface area contributed by atoms with Crippen LogP contribution >= 0.6 is 11.3 Å². The third kappa shape index (κ3) is 3.49. The number of esters is 1. The zero-order valence-corrected chi connectivity index (χ0v) is 12.4. The standard InChI is InChI=1S/C16H16N2O2S/c19-15(10-13-5-3-9-21-13)20-8-7-17-16-14-6-2-1-4-12(14)11-18-16/h1-6,9H,7-8,10-11H2,(H,17,18). The molecular weight excluding hydrogens is 284 g/mol. The molecule has 1 aromatic carbocycles. The summed E-state index contributed by atoms with van der Waals surface area (Å²) in [7, 11) is 0. The van der Waals surface area contributed by atoms with Crippen LogP contribution in [-0.2, 0) is 22.5 Å². The molecule has 0 spiro atoms. The van der Waals surface area contributed by atoms with E-state index < -0.39 is 0 Å². The minimum Gasteiger partial charge on any atom is -0.464 e. The van der Waals surface area contributed by atoms with Gasteiger partial charge in [-0.1, -0.05) is 30.3 Å². The molecule has 0 fully saturated rings. The first-order valence-corrected chi connectivity index (χ1v) is 7.75. The molecule has 108 valence electrons. The lowest BCUT2D eigenvalue weighted by atomic mass is 10.1. The Morgan fingerprint density at radius 1 is 1.29 bits per heavy atom. The van der Waals surface area contributed by atoms with E-state index in [9.17, 15) is 4.79 Å². The van der Waals surface area contributed by atoms with Crippen LogP contribution in [-0.4, -0.2) is 25.0 Å². The molecule has 1 aliphatic rings. The number of benzene rings is 1. The van der Waals surface area contributed by atoms with Gasteiger partial charge in [0.15, 0.2) is 0 Å². The average molecular weight is 300 g/mol. The fourth-order valence-corrected chi connectivity index (χ4v) is 2.92. The molecule has 1 aliphatic heterocycles. The van der Waals surface area contributed by atoms with Gasteiger partial charge in [0, 0.05) is 10.4 Å². The minimum atomic E-state index is -0.187. The van der Waals surface area contributed by atoms with Crippen LogP contribution < -0.4 is 5.32 Å². The zero-order chi connectivity index (χ0) is 14.5. The maximum atomic E-state index is 11.6. The first kappa shape index (κ1) is 13.8. The van der Waals surface area contributed by atoms with Gasteiger partial charge in [0.05, 0.1) is 19.5 Å². The molecule has 2 aromatic rings. The molecule has 0 bridgehead atoms. The Hall–Kier alpha value is -2.14. The summed E-state index contributed by atoms with van der Waals surface area (Å²) in [5.41, 5.74) is 2.37. The maximum absolute atomic E-state index is 11.6. The first-order chi connectivity index (χ1) is 10.3. The summed E-state index contributed by atoms with van der Waals surface area (Å²) in [4.78, 5) is 17.1. The van der Waals surface area contributed by atoms with Crippen molar-refractivity contribution in [1.82, 2.24) is 5.32 Å². The Morgan fingerprint density at radius 2 is 2.19 bits per heavy atom. The molecule has 21 heavy (non-hydrogen) atoms.